The van der Waals surface area contributed by atoms with Crippen molar-refractivity contribution < 1.29 is 9.60 Å². The van der Waals surface area contributed by atoms with E-state index in [4.69, 9.17) is 5.48 Å². The molecule has 0 fully saturated rings. The first kappa shape index (κ1) is 22.3. The van der Waals surface area contributed by atoms with Crippen molar-refractivity contribution in [1.29, 1.82) is 0 Å². The van der Waals surface area contributed by atoms with Gasteiger partial charge >= 0.3 is 0 Å². The number of fused-ring (bicyclic) bond motifs is 9. The maximum absolute atomic E-state index is 9.77. The van der Waals surface area contributed by atoms with Crippen molar-refractivity contribution in [3.8, 4) is 33.6 Å². The first-order valence-electron chi connectivity index (χ1n) is 20.4. The highest BCUT2D eigenvalue weighted by Gasteiger charge is 2.19. The Hall–Kier alpha value is -6.42. The molecule has 0 spiro atoms. The fraction of sp³-hybridized carbons (Fsp3) is 0. The zero-order chi connectivity index (χ0) is 39.6. The summed E-state index contributed by atoms with van der Waals surface area (Å²) >= 11 is 1.78. The molecule has 0 aliphatic heterocycles. The Kier molecular flexibility index (Phi) is 4.84. The van der Waals surface area contributed by atoms with Crippen LogP contribution >= 0.6 is 11.3 Å². The van der Waals surface area contributed by atoms with Crippen molar-refractivity contribution in [1.82, 2.24) is 9.13 Å². The monoisotopic (exact) mass is 673 g/mol. The van der Waals surface area contributed by atoms with Crippen LogP contribution in [-0.4, -0.2) is 9.13 Å². The predicted octanol–water partition coefficient (Wildman–Crippen LogP) is 13.6. The van der Waals surface area contributed by atoms with Gasteiger partial charge in [0.2, 0.25) is 0 Å². The molecule has 0 unspecified atom stereocenters. The third kappa shape index (κ3) is 4.29. The SMILES string of the molecule is [2H]c1c([2H])c([2H])c2c(c1[2H])c1c([2H])c(-c3ccc4c(c3)c3cccc(-c5ccccc5)c3n4-c3ccc4sc5ccccc5c4c3)c([2H])c([2H])c1n2-c1ccccc1. The van der Waals surface area contributed by atoms with Crippen LogP contribution in [-0.2, 0) is 0 Å². The lowest BCUT2D eigenvalue weighted by molar-refractivity contribution is 1.18. The number of para-hydroxylation sites is 3. The van der Waals surface area contributed by atoms with Crippen molar-refractivity contribution in [2.75, 3.05) is 0 Å². The Balaban J connectivity index is 1.23. The molecule has 3 heteroatoms. The predicted molar refractivity (Wildman–Crippen MR) is 219 cm³/mol. The van der Waals surface area contributed by atoms with Gasteiger partial charge in [0.15, 0.2) is 0 Å². The molecular weight excluding hydrogens is 637 g/mol. The van der Waals surface area contributed by atoms with Crippen LogP contribution in [0, 0.1) is 0 Å². The zero-order valence-electron chi connectivity index (χ0n) is 34.1. The fourth-order valence-electron chi connectivity index (χ4n) is 7.69. The molecule has 3 aromatic heterocycles. The molecule has 0 bridgehead atoms. The van der Waals surface area contributed by atoms with Crippen LogP contribution in [0.2, 0.25) is 0 Å². The maximum Gasteiger partial charge on any atom is 0.0645 e. The lowest BCUT2D eigenvalue weighted by Crippen LogP contribution is -1.95. The molecule has 0 saturated carbocycles. The molecule has 3 heterocycles. The number of rotatable bonds is 4. The van der Waals surface area contributed by atoms with Gasteiger partial charge in [-0.2, -0.15) is 0 Å². The summed E-state index contributed by atoms with van der Waals surface area (Å²) in [6, 6.07) is 45.0. The summed E-state index contributed by atoms with van der Waals surface area (Å²) in [5.41, 5.74) is 6.86. The Morgan fingerprint density at radius 3 is 2.08 bits per heavy atom. The number of nitrogens with zero attached hydrogens (tertiary/aromatic N) is 2. The smallest absolute Gasteiger partial charge is 0.0645 e. The van der Waals surface area contributed by atoms with Gasteiger partial charge in [-0.05, 0) is 83.3 Å². The van der Waals surface area contributed by atoms with Crippen LogP contribution in [0.4, 0.5) is 0 Å². The van der Waals surface area contributed by atoms with Crippen LogP contribution in [0.1, 0.15) is 9.60 Å². The Labute approximate surface area is 308 Å². The molecule has 0 aliphatic rings. The highest BCUT2D eigenvalue weighted by atomic mass is 32.1. The van der Waals surface area contributed by atoms with Gasteiger partial charge < -0.3 is 9.13 Å². The fourth-order valence-corrected chi connectivity index (χ4v) is 8.78. The summed E-state index contributed by atoms with van der Waals surface area (Å²) in [5.74, 6) is 0. The Morgan fingerprint density at radius 1 is 0.412 bits per heavy atom. The van der Waals surface area contributed by atoms with Gasteiger partial charge in [0, 0.05) is 58.7 Å². The molecule has 0 saturated heterocycles. The summed E-state index contributed by atoms with van der Waals surface area (Å²) in [6.07, 6.45) is 0. The Morgan fingerprint density at radius 2 is 1.18 bits per heavy atom. The molecule has 2 nitrogen and oxygen atoms in total. The summed E-state index contributed by atoms with van der Waals surface area (Å²) in [6.45, 7) is 0. The first-order chi connectivity index (χ1) is 28.2. The number of thiophene rings is 1. The van der Waals surface area contributed by atoms with Gasteiger partial charge in [0.1, 0.15) is 0 Å². The van der Waals surface area contributed by atoms with Gasteiger partial charge in [-0.3, -0.25) is 0 Å². The molecule has 0 aliphatic carbocycles. The molecule has 11 rings (SSSR count). The Bertz CT molecular complexity index is 3530. The third-order valence-corrected chi connectivity index (χ3v) is 11.1. The third-order valence-electron chi connectivity index (χ3n) is 9.95. The van der Waals surface area contributed by atoms with E-state index in [1.807, 2.05) is 54.6 Å². The molecule has 0 amide bonds. The highest BCUT2D eigenvalue weighted by Crippen LogP contribution is 2.42. The van der Waals surface area contributed by atoms with Crippen LogP contribution in [0.15, 0.2) is 182 Å². The van der Waals surface area contributed by atoms with Gasteiger partial charge in [-0.15, -0.1) is 11.3 Å². The summed E-state index contributed by atoms with van der Waals surface area (Å²) in [7, 11) is 0. The second kappa shape index (κ2) is 11.0. The first-order valence-corrected chi connectivity index (χ1v) is 17.7. The number of hydrogen-bond acceptors (Lipinski definition) is 1. The molecule has 0 radical (unpaired) electrons. The van der Waals surface area contributed by atoms with Crippen molar-refractivity contribution in [3.05, 3.63) is 182 Å². The maximum atomic E-state index is 9.77. The number of hydrogen-bond donors (Lipinski definition) is 0. The summed E-state index contributed by atoms with van der Waals surface area (Å²) < 4.78 is 70.2. The lowest BCUT2D eigenvalue weighted by atomic mass is 9.99. The van der Waals surface area contributed by atoms with E-state index in [9.17, 15) is 4.11 Å². The van der Waals surface area contributed by atoms with E-state index in [0.717, 1.165) is 38.6 Å². The molecular formula is C48H30N2S. The quantitative estimate of drug-likeness (QED) is 0.176. The standard InChI is InChI=1S/C48H30N2S/c1-3-12-31(13-4-1)36-18-11-19-39-41-29-33(32-22-25-44-40(28-32)37-16-7-9-20-43(37)49(44)34-14-5-2-6-15-34)23-26-45(41)50(48(36)39)35-24-27-47-42(30-35)38-17-8-10-21-46(38)51-47/h1-30H/i7D,9D,16D,20D,22D,25D,28D. The van der Waals surface area contributed by atoms with E-state index in [1.165, 1.54) is 20.2 Å². The van der Waals surface area contributed by atoms with Crippen molar-refractivity contribution in [2.24, 2.45) is 0 Å². The van der Waals surface area contributed by atoms with E-state index in [1.54, 1.807) is 28.0 Å². The van der Waals surface area contributed by atoms with Gasteiger partial charge in [0.25, 0.3) is 0 Å². The molecule has 8 aromatic carbocycles. The highest BCUT2D eigenvalue weighted by molar-refractivity contribution is 7.25. The summed E-state index contributed by atoms with van der Waals surface area (Å²) in [5, 5.41) is 4.68. The molecule has 11 aromatic rings. The largest absolute Gasteiger partial charge is 0.309 e. The molecule has 0 atom stereocenters. The minimum absolute atomic E-state index is 0.0661. The van der Waals surface area contributed by atoms with E-state index in [-0.39, 0.29) is 57.6 Å². The van der Waals surface area contributed by atoms with Crippen molar-refractivity contribution >= 4 is 75.1 Å². The van der Waals surface area contributed by atoms with E-state index < -0.39 is 12.1 Å². The normalized spacial score (nSPS) is 13.8. The van der Waals surface area contributed by atoms with E-state index in [2.05, 4.69) is 77.4 Å². The van der Waals surface area contributed by atoms with Crippen LogP contribution in [0.5, 0.6) is 0 Å². The minimum Gasteiger partial charge on any atom is -0.309 e. The van der Waals surface area contributed by atoms with Crippen LogP contribution in [0.25, 0.3) is 97.4 Å². The van der Waals surface area contributed by atoms with E-state index >= 15 is 0 Å². The number of benzene rings is 8. The molecule has 0 N–H and O–H groups in total. The van der Waals surface area contributed by atoms with Gasteiger partial charge in [-0.25, -0.2) is 0 Å². The van der Waals surface area contributed by atoms with Crippen molar-refractivity contribution in [3.63, 3.8) is 0 Å². The van der Waals surface area contributed by atoms with Crippen LogP contribution < -0.4 is 0 Å². The van der Waals surface area contributed by atoms with Gasteiger partial charge in [-0.1, -0.05) is 115 Å². The topological polar surface area (TPSA) is 9.86 Å². The molecule has 238 valence electrons. The average molecular weight is 674 g/mol. The minimum atomic E-state index is -0.413. The van der Waals surface area contributed by atoms with Crippen molar-refractivity contribution in [2.45, 2.75) is 0 Å². The second-order valence-electron chi connectivity index (χ2n) is 12.8. The van der Waals surface area contributed by atoms with Gasteiger partial charge in [0.05, 0.1) is 31.7 Å². The zero-order valence-corrected chi connectivity index (χ0v) is 27.9. The number of aromatic nitrogens is 2. The summed E-state index contributed by atoms with van der Waals surface area (Å²) in [4.78, 5) is 0. The second-order valence-corrected chi connectivity index (χ2v) is 13.9. The molecule has 51 heavy (non-hydrogen) atoms. The van der Waals surface area contributed by atoms with Crippen LogP contribution in [0.3, 0.4) is 0 Å². The average Bonchev–Trinajstić information content (AvgIpc) is 3.93. The van der Waals surface area contributed by atoms with E-state index in [0.29, 0.717) is 11.3 Å². The lowest BCUT2D eigenvalue weighted by Gasteiger charge is -2.12.